The fraction of sp³-hybridized carbons (Fsp3) is 0.176. The summed E-state index contributed by atoms with van der Waals surface area (Å²) in [6.07, 6.45) is 4.06. The van der Waals surface area contributed by atoms with Crippen LogP contribution in [0.1, 0.15) is 21.6 Å². The Bertz CT molecular complexity index is 762. The number of benzene rings is 1. The number of aromatic nitrogens is 2. The van der Waals surface area contributed by atoms with Gasteiger partial charge in [-0.05, 0) is 54.6 Å². The molecule has 106 valence electrons. The van der Waals surface area contributed by atoms with Crippen molar-refractivity contribution < 1.29 is 4.79 Å². The number of hydrogen-bond acceptors (Lipinski definition) is 2. The molecule has 2 heterocycles. The lowest BCUT2D eigenvalue weighted by Crippen LogP contribution is -2.25. The predicted molar refractivity (Wildman–Crippen MR) is 83.3 cm³/mol. The number of H-pyrrole nitrogens is 1. The van der Waals surface area contributed by atoms with Crippen LogP contribution in [0.25, 0.3) is 10.9 Å². The number of rotatable bonds is 4. The number of nitrogens with zero attached hydrogens (tertiary/aromatic N) is 1. The molecule has 3 rings (SSSR count). The summed E-state index contributed by atoms with van der Waals surface area (Å²) in [5.74, 6) is -0.0593. The Kier molecular flexibility index (Phi) is 3.69. The van der Waals surface area contributed by atoms with Crippen LogP contribution in [-0.2, 0) is 6.42 Å². The standard InChI is InChI=1S/C17H17N3O/c1-12-10-15-11-13(2-3-16(15)20-12)4-9-19-17(21)14-5-7-18-8-6-14/h2-3,5-8,10-11,20H,4,9H2,1H3,(H,19,21). The van der Waals surface area contributed by atoms with Gasteiger partial charge < -0.3 is 10.3 Å². The fourth-order valence-electron chi connectivity index (χ4n) is 2.41. The average Bonchev–Trinajstić information content (AvgIpc) is 2.87. The zero-order valence-electron chi connectivity index (χ0n) is 11.9. The molecule has 21 heavy (non-hydrogen) atoms. The Morgan fingerprint density at radius 3 is 2.81 bits per heavy atom. The van der Waals surface area contributed by atoms with Gasteiger partial charge in [0, 0.05) is 35.7 Å². The van der Waals surface area contributed by atoms with Crippen molar-refractivity contribution >= 4 is 16.8 Å². The number of hydrogen-bond donors (Lipinski definition) is 2. The number of carbonyl (C=O) groups excluding carboxylic acids is 1. The average molecular weight is 279 g/mol. The maximum Gasteiger partial charge on any atom is 0.251 e. The second-order valence-corrected chi connectivity index (χ2v) is 5.12. The van der Waals surface area contributed by atoms with Crippen molar-refractivity contribution in [3.63, 3.8) is 0 Å². The van der Waals surface area contributed by atoms with Gasteiger partial charge in [0.1, 0.15) is 0 Å². The highest BCUT2D eigenvalue weighted by Crippen LogP contribution is 2.17. The Morgan fingerprint density at radius 2 is 2.00 bits per heavy atom. The van der Waals surface area contributed by atoms with E-state index >= 15 is 0 Å². The first-order chi connectivity index (χ1) is 10.2. The molecule has 0 spiro atoms. The van der Waals surface area contributed by atoms with Crippen molar-refractivity contribution in [2.24, 2.45) is 0 Å². The SMILES string of the molecule is Cc1cc2cc(CCNC(=O)c3ccncc3)ccc2[nH]1. The maximum absolute atomic E-state index is 11.9. The van der Waals surface area contributed by atoms with Gasteiger partial charge in [-0.25, -0.2) is 0 Å². The van der Waals surface area contributed by atoms with Crippen LogP contribution < -0.4 is 5.32 Å². The molecule has 3 aromatic rings. The maximum atomic E-state index is 11.9. The Morgan fingerprint density at radius 1 is 1.19 bits per heavy atom. The smallest absolute Gasteiger partial charge is 0.251 e. The highest BCUT2D eigenvalue weighted by atomic mass is 16.1. The highest BCUT2D eigenvalue weighted by molar-refractivity contribution is 5.93. The summed E-state index contributed by atoms with van der Waals surface area (Å²) < 4.78 is 0. The van der Waals surface area contributed by atoms with Gasteiger partial charge in [0.2, 0.25) is 0 Å². The van der Waals surface area contributed by atoms with Crippen LogP contribution in [0.15, 0.2) is 48.8 Å². The van der Waals surface area contributed by atoms with Crippen molar-refractivity contribution in [3.8, 4) is 0 Å². The van der Waals surface area contributed by atoms with E-state index in [1.54, 1.807) is 24.5 Å². The zero-order valence-corrected chi connectivity index (χ0v) is 11.9. The molecule has 2 N–H and O–H groups in total. The van der Waals surface area contributed by atoms with E-state index < -0.39 is 0 Å². The molecule has 0 aliphatic heterocycles. The topological polar surface area (TPSA) is 57.8 Å². The van der Waals surface area contributed by atoms with E-state index in [4.69, 9.17) is 0 Å². The molecule has 0 aliphatic rings. The summed E-state index contributed by atoms with van der Waals surface area (Å²) in [5, 5.41) is 4.14. The van der Waals surface area contributed by atoms with Crippen LogP contribution in [0.4, 0.5) is 0 Å². The van der Waals surface area contributed by atoms with Gasteiger partial charge >= 0.3 is 0 Å². The highest BCUT2D eigenvalue weighted by Gasteiger charge is 2.04. The molecule has 1 aromatic carbocycles. The molecule has 0 radical (unpaired) electrons. The minimum Gasteiger partial charge on any atom is -0.359 e. The summed E-state index contributed by atoms with van der Waals surface area (Å²) in [5.41, 5.74) is 4.17. The molecule has 0 saturated heterocycles. The zero-order chi connectivity index (χ0) is 14.7. The molecule has 0 fully saturated rings. The van der Waals surface area contributed by atoms with Crippen molar-refractivity contribution in [2.45, 2.75) is 13.3 Å². The Labute approximate surface area is 123 Å². The number of carbonyl (C=O) groups is 1. The number of aromatic amines is 1. The van der Waals surface area contributed by atoms with Gasteiger partial charge in [-0.1, -0.05) is 6.07 Å². The largest absolute Gasteiger partial charge is 0.359 e. The third-order valence-electron chi connectivity index (χ3n) is 3.46. The van der Waals surface area contributed by atoms with Crippen LogP contribution >= 0.6 is 0 Å². The van der Waals surface area contributed by atoms with E-state index in [-0.39, 0.29) is 5.91 Å². The van der Waals surface area contributed by atoms with Gasteiger partial charge in [-0.3, -0.25) is 9.78 Å². The van der Waals surface area contributed by atoms with E-state index in [2.05, 4.69) is 46.5 Å². The number of aryl methyl sites for hydroxylation is 1. The molecule has 0 aliphatic carbocycles. The number of nitrogens with one attached hydrogen (secondary N) is 2. The summed E-state index contributed by atoms with van der Waals surface area (Å²) in [7, 11) is 0. The Balaban J connectivity index is 1.60. The first-order valence-electron chi connectivity index (χ1n) is 6.99. The van der Waals surface area contributed by atoms with Gasteiger partial charge in [0.05, 0.1) is 0 Å². The second kappa shape index (κ2) is 5.79. The van der Waals surface area contributed by atoms with Crippen LogP contribution in [-0.4, -0.2) is 22.4 Å². The van der Waals surface area contributed by atoms with Crippen LogP contribution in [0.3, 0.4) is 0 Å². The van der Waals surface area contributed by atoms with E-state index in [1.165, 1.54) is 10.9 Å². The first-order valence-corrected chi connectivity index (χ1v) is 6.99. The third-order valence-corrected chi connectivity index (χ3v) is 3.46. The molecule has 0 bridgehead atoms. The van der Waals surface area contributed by atoms with Crippen molar-refractivity contribution in [1.82, 2.24) is 15.3 Å². The molecule has 0 saturated carbocycles. The molecule has 2 aromatic heterocycles. The normalized spacial score (nSPS) is 10.7. The summed E-state index contributed by atoms with van der Waals surface area (Å²) >= 11 is 0. The van der Waals surface area contributed by atoms with E-state index in [1.807, 2.05) is 0 Å². The van der Waals surface area contributed by atoms with Crippen molar-refractivity contribution in [2.75, 3.05) is 6.54 Å². The quantitative estimate of drug-likeness (QED) is 0.771. The summed E-state index contributed by atoms with van der Waals surface area (Å²) in [6.45, 7) is 2.67. The number of amides is 1. The predicted octanol–water partition coefficient (Wildman–Crippen LogP) is 2.84. The van der Waals surface area contributed by atoms with Gasteiger partial charge in [-0.2, -0.15) is 0 Å². The second-order valence-electron chi connectivity index (χ2n) is 5.12. The van der Waals surface area contributed by atoms with Crippen molar-refractivity contribution in [3.05, 3.63) is 65.6 Å². The fourth-order valence-corrected chi connectivity index (χ4v) is 2.41. The monoisotopic (exact) mass is 279 g/mol. The van der Waals surface area contributed by atoms with Crippen molar-refractivity contribution in [1.29, 1.82) is 0 Å². The molecule has 1 amide bonds. The molecule has 4 heteroatoms. The van der Waals surface area contributed by atoms with E-state index in [9.17, 15) is 4.79 Å². The first kappa shape index (κ1) is 13.4. The van der Waals surface area contributed by atoms with Crippen LogP contribution in [0.2, 0.25) is 0 Å². The minimum absolute atomic E-state index is 0.0593. The molecule has 0 unspecified atom stereocenters. The van der Waals surface area contributed by atoms with Crippen LogP contribution in [0, 0.1) is 6.92 Å². The lowest BCUT2D eigenvalue weighted by atomic mass is 10.1. The molecular formula is C17H17N3O. The lowest BCUT2D eigenvalue weighted by molar-refractivity contribution is 0.0954. The third kappa shape index (κ3) is 3.11. The number of pyridine rings is 1. The van der Waals surface area contributed by atoms with E-state index in [0.717, 1.165) is 17.6 Å². The molecule has 4 nitrogen and oxygen atoms in total. The van der Waals surface area contributed by atoms with E-state index in [0.29, 0.717) is 12.1 Å². The van der Waals surface area contributed by atoms with Crippen LogP contribution in [0.5, 0.6) is 0 Å². The lowest BCUT2D eigenvalue weighted by Gasteiger charge is -2.05. The Hall–Kier alpha value is -2.62. The minimum atomic E-state index is -0.0593. The van der Waals surface area contributed by atoms with Gasteiger partial charge in [0.25, 0.3) is 5.91 Å². The molecular weight excluding hydrogens is 262 g/mol. The van der Waals surface area contributed by atoms with Gasteiger partial charge in [0.15, 0.2) is 0 Å². The molecule has 0 atom stereocenters. The summed E-state index contributed by atoms with van der Waals surface area (Å²) in [6, 6.07) is 11.9. The number of fused-ring (bicyclic) bond motifs is 1. The van der Waals surface area contributed by atoms with Gasteiger partial charge in [-0.15, -0.1) is 0 Å². The summed E-state index contributed by atoms with van der Waals surface area (Å²) in [4.78, 5) is 19.1.